The van der Waals surface area contributed by atoms with Crippen molar-refractivity contribution in [2.45, 2.75) is 26.7 Å². The van der Waals surface area contributed by atoms with E-state index >= 15 is 0 Å². The second-order valence-electron chi connectivity index (χ2n) is 4.43. The first-order valence-electron chi connectivity index (χ1n) is 6.36. The Hall–Kier alpha value is -1.28. The van der Waals surface area contributed by atoms with E-state index in [4.69, 9.17) is 4.74 Å². The van der Waals surface area contributed by atoms with Crippen LogP contribution in [0.15, 0.2) is 30.9 Å². The molecule has 0 aromatic heterocycles. The Bertz CT molecular complexity index is 347. The van der Waals surface area contributed by atoms with Crippen molar-refractivity contribution in [3.8, 4) is 5.75 Å². The molecule has 1 rings (SSSR count). The fourth-order valence-corrected chi connectivity index (χ4v) is 1.67. The van der Waals surface area contributed by atoms with Gasteiger partial charge >= 0.3 is 0 Å². The molecule has 0 aliphatic carbocycles. The van der Waals surface area contributed by atoms with Crippen molar-refractivity contribution in [2.75, 3.05) is 19.7 Å². The van der Waals surface area contributed by atoms with Crippen molar-refractivity contribution in [1.29, 1.82) is 0 Å². The van der Waals surface area contributed by atoms with Crippen LogP contribution in [0.3, 0.4) is 0 Å². The van der Waals surface area contributed by atoms with Gasteiger partial charge in [-0.05, 0) is 50.0 Å². The first-order valence-corrected chi connectivity index (χ1v) is 6.36. The van der Waals surface area contributed by atoms with E-state index in [2.05, 4.69) is 43.9 Å². The second-order valence-corrected chi connectivity index (χ2v) is 4.43. The molecule has 1 aromatic carbocycles. The summed E-state index contributed by atoms with van der Waals surface area (Å²) in [6.45, 7) is 10.9. The van der Waals surface area contributed by atoms with Gasteiger partial charge in [0.05, 0.1) is 19.7 Å². The Morgan fingerprint density at radius 1 is 1.29 bits per heavy atom. The number of rotatable bonds is 8. The molecule has 94 valence electrons. The lowest BCUT2D eigenvalue weighted by atomic mass is 10.1. The third-order valence-corrected chi connectivity index (χ3v) is 2.74. The Kier molecular flexibility index (Phi) is 6.41. The van der Waals surface area contributed by atoms with Crippen LogP contribution >= 0.6 is 0 Å². The van der Waals surface area contributed by atoms with Crippen LogP contribution in [0.2, 0.25) is 0 Å². The first-order chi connectivity index (χ1) is 8.24. The number of hydrogen-bond donors (Lipinski definition) is 1. The monoisotopic (exact) mass is 234 g/mol. The number of ether oxygens (including phenoxy) is 1. The predicted molar refractivity (Wildman–Crippen MR) is 72.5 cm³/mol. The lowest BCUT2D eigenvalue weighted by molar-refractivity contribution is -0.646. The highest BCUT2D eigenvalue weighted by Gasteiger charge is 1.99. The van der Waals surface area contributed by atoms with Crippen molar-refractivity contribution in [2.24, 2.45) is 0 Å². The Balaban J connectivity index is 2.17. The van der Waals surface area contributed by atoms with E-state index in [1.807, 2.05) is 6.08 Å². The molecule has 2 nitrogen and oxygen atoms in total. The molecular formula is C15H24NO+. The van der Waals surface area contributed by atoms with E-state index in [0.29, 0.717) is 0 Å². The number of hydrogen-bond acceptors (Lipinski definition) is 1. The summed E-state index contributed by atoms with van der Waals surface area (Å²) < 4.78 is 5.79. The molecule has 0 radical (unpaired) electrons. The Labute approximate surface area is 105 Å². The van der Waals surface area contributed by atoms with Gasteiger partial charge in [-0.15, -0.1) is 0 Å². The summed E-state index contributed by atoms with van der Waals surface area (Å²) in [6.07, 6.45) is 4.24. The van der Waals surface area contributed by atoms with Gasteiger partial charge in [0.2, 0.25) is 0 Å². The zero-order valence-electron chi connectivity index (χ0n) is 11.0. The van der Waals surface area contributed by atoms with Crippen LogP contribution in [0.25, 0.3) is 0 Å². The van der Waals surface area contributed by atoms with Gasteiger partial charge in [-0.3, -0.25) is 0 Å². The van der Waals surface area contributed by atoms with Gasteiger partial charge in [0, 0.05) is 0 Å². The van der Waals surface area contributed by atoms with Gasteiger partial charge in [-0.25, -0.2) is 0 Å². The molecule has 0 atom stereocenters. The average molecular weight is 234 g/mol. The van der Waals surface area contributed by atoms with E-state index in [-0.39, 0.29) is 0 Å². The number of nitrogens with two attached hydrogens (primary N) is 1. The summed E-state index contributed by atoms with van der Waals surface area (Å²) >= 11 is 0. The van der Waals surface area contributed by atoms with E-state index in [1.165, 1.54) is 17.5 Å². The minimum Gasteiger partial charge on any atom is -0.493 e. The van der Waals surface area contributed by atoms with Crippen molar-refractivity contribution >= 4 is 0 Å². The summed E-state index contributed by atoms with van der Waals surface area (Å²) in [5.74, 6) is 1.03. The molecule has 1 aromatic rings. The summed E-state index contributed by atoms with van der Waals surface area (Å²) in [6, 6.07) is 6.34. The molecule has 0 unspecified atom stereocenters. The summed E-state index contributed by atoms with van der Waals surface area (Å²) in [7, 11) is 0. The van der Waals surface area contributed by atoms with Crippen LogP contribution in [0.5, 0.6) is 5.75 Å². The molecule has 0 amide bonds. The quantitative estimate of drug-likeness (QED) is 0.541. The lowest BCUT2D eigenvalue weighted by Gasteiger charge is -2.09. The summed E-state index contributed by atoms with van der Waals surface area (Å²) in [4.78, 5) is 0. The lowest BCUT2D eigenvalue weighted by Crippen LogP contribution is -2.83. The van der Waals surface area contributed by atoms with Gasteiger partial charge in [-0.2, -0.15) is 0 Å². The molecule has 0 heterocycles. The number of quaternary nitrogens is 1. The molecule has 0 aliphatic rings. The molecule has 0 fully saturated rings. The van der Waals surface area contributed by atoms with Crippen LogP contribution in [-0.4, -0.2) is 19.7 Å². The van der Waals surface area contributed by atoms with Gasteiger partial charge in [-0.1, -0.05) is 18.7 Å². The maximum absolute atomic E-state index is 5.79. The number of unbranched alkanes of at least 4 members (excludes halogenated alkanes) is 1. The zero-order valence-corrected chi connectivity index (χ0v) is 11.0. The van der Waals surface area contributed by atoms with Crippen LogP contribution < -0.4 is 10.1 Å². The molecule has 0 spiro atoms. The predicted octanol–water partition coefficient (Wildman–Crippen LogP) is 2.21. The smallest absolute Gasteiger partial charge is 0.122 e. The van der Waals surface area contributed by atoms with E-state index < -0.39 is 0 Å². The number of aryl methyl sites for hydroxylation is 2. The summed E-state index contributed by atoms with van der Waals surface area (Å²) in [5.41, 5.74) is 2.47. The van der Waals surface area contributed by atoms with Crippen molar-refractivity contribution in [3.05, 3.63) is 42.0 Å². The molecule has 2 N–H and O–H groups in total. The van der Waals surface area contributed by atoms with E-state index in [1.54, 1.807) is 0 Å². The fraction of sp³-hybridized carbons (Fsp3) is 0.467. The highest BCUT2D eigenvalue weighted by molar-refractivity contribution is 5.35. The van der Waals surface area contributed by atoms with Crippen molar-refractivity contribution in [1.82, 2.24) is 0 Å². The average Bonchev–Trinajstić information content (AvgIpc) is 2.32. The third kappa shape index (κ3) is 5.55. The second kappa shape index (κ2) is 7.91. The highest BCUT2D eigenvalue weighted by atomic mass is 16.5. The molecule has 17 heavy (non-hydrogen) atoms. The van der Waals surface area contributed by atoms with Gasteiger partial charge in [0.25, 0.3) is 0 Å². The van der Waals surface area contributed by atoms with Crippen LogP contribution in [-0.2, 0) is 0 Å². The highest BCUT2D eigenvalue weighted by Crippen LogP contribution is 2.19. The zero-order chi connectivity index (χ0) is 12.5. The molecule has 2 heteroatoms. The first kappa shape index (κ1) is 13.8. The van der Waals surface area contributed by atoms with Crippen LogP contribution in [0.4, 0.5) is 0 Å². The minimum atomic E-state index is 0.812. The minimum absolute atomic E-state index is 0.812. The van der Waals surface area contributed by atoms with Gasteiger partial charge in [0.15, 0.2) is 0 Å². The third-order valence-electron chi connectivity index (χ3n) is 2.74. The standard InChI is InChI=1S/C15H23NO/c1-4-9-16-10-5-6-11-17-15-12-13(2)7-8-14(15)3/h4,7-8,12,16H,1,5-6,9-11H2,2-3H3/p+1. The Morgan fingerprint density at radius 2 is 2.12 bits per heavy atom. The van der Waals surface area contributed by atoms with E-state index in [9.17, 15) is 0 Å². The van der Waals surface area contributed by atoms with Gasteiger partial charge < -0.3 is 10.1 Å². The van der Waals surface area contributed by atoms with Crippen molar-refractivity contribution in [3.63, 3.8) is 0 Å². The normalized spacial score (nSPS) is 10.2. The topological polar surface area (TPSA) is 25.8 Å². The van der Waals surface area contributed by atoms with Crippen molar-refractivity contribution < 1.29 is 10.1 Å². The van der Waals surface area contributed by atoms with Crippen LogP contribution in [0.1, 0.15) is 24.0 Å². The molecule has 0 aliphatic heterocycles. The van der Waals surface area contributed by atoms with Gasteiger partial charge in [0.1, 0.15) is 5.75 Å². The SMILES string of the molecule is C=CC[NH2+]CCCCOc1cc(C)ccc1C. The van der Waals surface area contributed by atoms with E-state index in [0.717, 1.165) is 31.9 Å². The molecular weight excluding hydrogens is 210 g/mol. The number of benzene rings is 1. The Morgan fingerprint density at radius 3 is 2.88 bits per heavy atom. The maximum Gasteiger partial charge on any atom is 0.122 e. The fourth-order valence-electron chi connectivity index (χ4n) is 1.67. The summed E-state index contributed by atoms with van der Waals surface area (Å²) in [5, 5.41) is 2.27. The maximum atomic E-state index is 5.79. The molecule has 0 saturated carbocycles. The molecule has 0 saturated heterocycles. The molecule has 0 bridgehead atoms. The largest absolute Gasteiger partial charge is 0.493 e. The van der Waals surface area contributed by atoms with Crippen LogP contribution in [0, 0.1) is 13.8 Å².